The number of rotatable bonds is 11. The van der Waals surface area contributed by atoms with Crippen LogP contribution in [0.25, 0.3) is 0 Å². The molecule has 0 aliphatic rings. The number of hydrogen-bond acceptors (Lipinski definition) is 4. The standard InChI is InChI=1S/C34H52N2O2/c1-13-33(11,14-2)27-17-23(5)29(37)25(19-27)21-35-31(7,8)32(9,10)36-22-26-20-28(18-24(6)30(26)38)34(12,15-3)16-4/h17-22,37-38H,13-16H2,1-12H3. The van der Waals surface area contributed by atoms with E-state index in [1.165, 1.54) is 11.1 Å². The molecule has 0 heterocycles. The van der Waals surface area contributed by atoms with Gasteiger partial charge in [0.15, 0.2) is 0 Å². The molecule has 2 aromatic carbocycles. The Balaban J connectivity index is 2.47. The molecule has 0 saturated carbocycles. The molecule has 0 amide bonds. The summed E-state index contributed by atoms with van der Waals surface area (Å²) in [6.07, 6.45) is 7.71. The lowest BCUT2D eigenvalue weighted by atomic mass is 9.76. The van der Waals surface area contributed by atoms with Crippen molar-refractivity contribution in [2.45, 2.75) is 131 Å². The molecule has 210 valence electrons. The lowest BCUT2D eigenvalue weighted by Gasteiger charge is -2.35. The third kappa shape index (κ3) is 6.33. The highest BCUT2D eigenvalue weighted by molar-refractivity contribution is 5.86. The summed E-state index contributed by atoms with van der Waals surface area (Å²) >= 11 is 0. The average Bonchev–Trinajstić information content (AvgIpc) is 2.88. The van der Waals surface area contributed by atoms with E-state index in [0.29, 0.717) is 0 Å². The number of hydrogen-bond donors (Lipinski definition) is 2. The molecule has 0 saturated heterocycles. The molecule has 4 nitrogen and oxygen atoms in total. The molecule has 0 aromatic heterocycles. The summed E-state index contributed by atoms with van der Waals surface area (Å²) in [5, 5.41) is 21.7. The second kappa shape index (κ2) is 11.6. The first kappa shape index (κ1) is 31.6. The fourth-order valence-electron chi connectivity index (χ4n) is 4.60. The zero-order valence-corrected chi connectivity index (χ0v) is 26.1. The lowest BCUT2D eigenvalue weighted by Crippen LogP contribution is -2.42. The van der Waals surface area contributed by atoms with Crippen LogP contribution in [0, 0.1) is 13.8 Å². The van der Waals surface area contributed by atoms with Gasteiger partial charge in [-0.3, -0.25) is 9.98 Å². The Morgan fingerprint density at radius 1 is 0.579 bits per heavy atom. The van der Waals surface area contributed by atoms with Gasteiger partial charge in [0.1, 0.15) is 11.5 Å². The summed E-state index contributed by atoms with van der Waals surface area (Å²) in [6.45, 7) is 25.5. The number of aliphatic imine (C=N–C) groups is 2. The zero-order valence-electron chi connectivity index (χ0n) is 26.1. The summed E-state index contributed by atoms with van der Waals surface area (Å²) < 4.78 is 0. The van der Waals surface area contributed by atoms with E-state index < -0.39 is 11.1 Å². The number of aryl methyl sites for hydroxylation is 2. The predicted octanol–water partition coefficient (Wildman–Crippen LogP) is 8.97. The highest BCUT2D eigenvalue weighted by Gasteiger charge is 2.36. The predicted molar refractivity (Wildman–Crippen MR) is 165 cm³/mol. The summed E-state index contributed by atoms with van der Waals surface area (Å²) in [7, 11) is 0. The van der Waals surface area contributed by atoms with Crippen molar-refractivity contribution in [1.82, 2.24) is 0 Å². The molecule has 2 N–H and O–H groups in total. The molecule has 0 bridgehead atoms. The van der Waals surface area contributed by atoms with Crippen LogP contribution in [0.2, 0.25) is 0 Å². The summed E-state index contributed by atoms with van der Waals surface area (Å²) in [4.78, 5) is 9.90. The van der Waals surface area contributed by atoms with E-state index in [1.54, 1.807) is 12.4 Å². The quantitative estimate of drug-likeness (QED) is 0.290. The van der Waals surface area contributed by atoms with Gasteiger partial charge in [-0.2, -0.15) is 0 Å². The molecule has 0 spiro atoms. The van der Waals surface area contributed by atoms with Gasteiger partial charge in [-0.15, -0.1) is 0 Å². The van der Waals surface area contributed by atoms with E-state index in [1.807, 2.05) is 13.8 Å². The Hall–Kier alpha value is -2.62. The van der Waals surface area contributed by atoms with Crippen molar-refractivity contribution in [1.29, 1.82) is 0 Å². The van der Waals surface area contributed by atoms with Crippen molar-refractivity contribution in [3.8, 4) is 11.5 Å². The SMILES string of the molecule is CCC(C)(CC)c1cc(C)c(O)c(C=NC(C)(C)C(C)(C)N=Cc2cc(C(C)(CC)CC)cc(C)c2O)c1. The third-order valence-electron chi connectivity index (χ3n) is 9.73. The topological polar surface area (TPSA) is 65.2 Å². The molecule has 0 fully saturated rings. The van der Waals surface area contributed by atoms with Gasteiger partial charge in [0.25, 0.3) is 0 Å². The first-order valence-corrected chi connectivity index (χ1v) is 14.3. The fraction of sp³-hybridized carbons (Fsp3) is 0.588. The molecule has 0 atom stereocenters. The van der Waals surface area contributed by atoms with Gasteiger partial charge in [0.2, 0.25) is 0 Å². The summed E-state index contributed by atoms with van der Waals surface area (Å²) in [6, 6.07) is 8.36. The fourth-order valence-corrected chi connectivity index (χ4v) is 4.60. The molecule has 4 heteroatoms. The van der Waals surface area contributed by atoms with Crippen molar-refractivity contribution in [2.75, 3.05) is 0 Å². The van der Waals surface area contributed by atoms with E-state index in [2.05, 4.69) is 93.5 Å². The Morgan fingerprint density at radius 2 is 0.868 bits per heavy atom. The maximum Gasteiger partial charge on any atom is 0.127 e. The first-order chi connectivity index (χ1) is 17.5. The molecule has 38 heavy (non-hydrogen) atoms. The van der Waals surface area contributed by atoms with E-state index in [-0.39, 0.29) is 22.3 Å². The molecule has 2 aromatic rings. The van der Waals surface area contributed by atoms with E-state index in [9.17, 15) is 10.2 Å². The number of benzene rings is 2. The van der Waals surface area contributed by atoms with Gasteiger partial charge >= 0.3 is 0 Å². The Bertz CT molecular complexity index is 1090. The lowest BCUT2D eigenvalue weighted by molar-refractivity contribution is 0.317. The van der Waals surface area contributed by atoms with Crippen LogP contribution in [-0.2, 0) is 10.8 Å². The van der Waals surface area contributed by atoms with Crippen LogP contribution in [0.1, 0.15) is 128 Å². The zero-order chi connectivity index (χ0) is 29.1. The van der Waals surface area contributed by atoms with Gasteiger partial charge in [0, 0.05) is 23.6 Å². The van der Waals surface area contributed by atoms with Crippen molar-refractivity contribution in [3.05, 3.63) is 57.6 Å². The van der Waals surface area contributed by atoms with E-state index in [4.69, 9.17) is 9.98 Å². The molecule has 0 unspecified atom stereocenters. The highest BCUT2D eigenvalue weighted by Crippen LogP contribution is 2.37. The summed E-state index contributed by atoms with van der Waals surface area (Å²) in [5.74, 6) is 0.549. The minimum atomic E-state index is -0.567. The highest BCUT2D eigenvalue weighted by atomic mass is 16.3. The summed E-state index contributed by atoms with van der Waals surface area (Å²) in [5.41, 5.74) is 4.64. The van der Waals surface area contributed by atoms with Crippen LogP contribution < -0.4 is 0 Å². The maximum atomic E-state index is 10.8. The van der Waals surface area contributed by atoms with Gasteiger partial charge in [-0.1, -0.05) is 53.7 Å². The second-order valence-corrected chi connectivity index (χ2v) is 12.6. The average molecular weight is 521 g/mol. The van der Waals surface area contributed by atoms with Crippen LogP contribution in [-0.4, -0.2) is 33.7 Å². The number of phenolic OH excluding ortho intramolecular Hbond substituents is 2. The second-order valence-electron chi connectivity index (χ2n) is 12.6. The van der Waals surface area contributed by atoms with Crippen LogP contribution in [0.15, 0.2) is 34.3 Å². The van der Waals surface area contributed by atoms with Gasteiger partial charge in [0.05, 0.1) is 11.1 Å². The molecule has 2 rings (SSSR count). The molecule has 0 aliphatic heterocycles. The molecule has 0 radical (unpaired) electrons. The number of phenols is 2. The van der Waals surface area contributed by atoms with Crippen LogP contribution in [0.4, 0.5) is 0 Å². The van der Waals surface area contributed by atoms with Crippen molar-refractivity contribution in [3.63, 3.8) is 0 Å². The normalized spacial score (nSPS) is 13.7. The molecular weight excluding hydrogens is 468 g/mol. The van der Waals surface area contributed by atoms with E-state index >= 15 is 0 Å². The van der Waals surface area contributed by atoms with Crippen LogP contribution in [0.3, 0.4) is 0 Å². The van der Waals surface area contributed by atoms with Crippen molar-refractivity contribution < 1.29 is 10.2 Å². The van der Waals surface area contributed by atoms with Gasteiger partial charge in [-0.25, -0.2) is 0 Å². The smallest absolute Gasteiger partial charge is 0.127 e. The van der Waals surface area contributed by atoms with Crippen LogP contribution >= 0.6 is 0 Å². The molecule has 0 aliphatic carbocycles. The monoisotopic (exact) mass is 520 g/mol. The minimum absolute atomic E-state index is 0.0560. The molecular formula is C34H52N2O2. The Morgan fingerprint density at radius 3 is 1.13 bits per heavy atom. The third-order valence-corrected chi connectivity index (χ3v) is 9.73. The van der Waals surface area contributed by atoms with Crippen molar-refractivity contribution >= 4 is 12.4 Å². The van der Waals surface area contributed by atoms with Crippen LogP contribution in [0.5, 0.6) is 11.5 Å². The Labute approximate surface area is 232 Å². The van der Waals surface area contributed by atoms with Crippen molar-refractivity contribution in [2.24, 2.45) is 9.98 Å². The van der Waals surface area contributed by atoms with Gasteiger partial charge in [-0.05, 0) is 112 Å². The Kier molecular flexibility index (Phi) is 9.67. The minimum Gasteiger partial charge on any atom is -0.507 e. The maximum absolute atomic E-state index is 10.8. The number of aromatic hydroxyl groups is 2. The first-order valence-electron chi connectivity index (χ1n) is 14.3. The largest absolute Gasteiger partial charge is 0.507 e. The number of nitrogens with zero attached hydrogens (tertiary/aromatic N) is 2. The van der Waals surface area contributed by atoms with E-state index in [0.717, 1.165) is 47.9 Å². The van der Waals surface area contributed by atoms with Gasteiger partial charge < -0.3 is 10.2 Å².